The Balaban J connectivity index is 1.95. The summed E-state index contributed by atoms with van der Waals surface area (Å²) < 4.78 is 5.16. The van der Waals surface area contributed by atoms with Gasteiger partial charge in [-0.25, -0.2) is 0 Å². The van der Waals surface area contributed by atoms with E-state index in [9.17, 15) is 0 Å². The van der Waals surface area contributed by atoms with Crippen molar-refractivity contribution in [1.82, 2.24) is 5.32 Å². The first kappa shape index (κ1) is 3.87. The van der Waals surface area contributed by atoms with Gasteiger partial charge in [-0.15, -0.1) is 0 Å². The van der Waals surface area contributed by atoms with Gasteiger partial charge >= 0.3 is 0 Å². The van der Waals surface area contributed by atoms with Gasteiger partial charge in [0.2, 0.25) is 0 Å². The minimum absolute atomic E-state index is 0.730. The molecule has 0 radical (unpaired) electrons. The van der Waals surface area contributed by atoms with E-state index in [0.29, 0.717) is 0 Å². The monoisotopic (exact) mass is 99.1 g/mol. The van der Waals surface area contributed by atoms with Gasteiger partial charge in [0.15, 0.2) is 0 Å². The van der Waals surface area contributed by atoms with Gasteiger partial charge in [0.05, 0.1) is 6.61 Å². The third-order valence-electron chi connectivity index (χ3n) is 1.68. The maximum atomic E-state index is 5.16. The van der Waals surface area contributed by atoms with E-state index >= 15 is 0 Å². The number of hydrogen-bond acceptors (Lipinski definition) is 2. The number of ether oxygens (including phenoxy) is 1. The summed E-state index contributed by atoms with van der Waals surface area (Å²) in [6.45, 7) is 1.92. The molecule has 0 aromatic heterocycles. The second-order valence-electron chi connectivity index (χ2n) is 2.24. The molecule has 0 spiro atoms. The molecule has 2 aliphatic heterocycles. The molecule has 2 heteroatoms. The highest BCUT2D eigenvalue weighted by Gasteiger charge is 2.38. The van der Waals surface area contributed by atoms with Gasteiger partial charge in [-0.3, -0.25) is 0 Å². The number of fused-ring (bicyclic) bond motifs is 1. The predicted molar refractivity (Wildman–Crippen MR) is 26.1 cm³/mol. The Morgan fingerprint density at radius 1 is 1.43 bits per heavy atom. The van der Waals surface area contributed by atoms with Crippen LogP contribution in [0.25, 0.3) is 0 Å². The molecule has 2 fully saturated rings. The molecule has 0 saturated carbocycles. The molecule has 2 atom stereocenters. The largest absolute Gasteiger partial charge is 0.380 e. The molecule has 7 heavy (non-hydrogen) atoms. The van der Waals surface area contributed by atoms with Crippen LogP contribution in [0.5, 0.6) is 0 Å². The van der Waals surface area contributed by atoms with Crippen LogP contribution in [0, 0.1) is 0 Å². The highest BCUT2D eigenvalue weighted by molar-refractivity contribution is 4.99. The Labute approximate surface area is 42.9 Å². The molecule has 2 nitrogen and oxygen atoms in total. The van der Waals surface area contributed by atoms with E-state index in [1.807, 2.05) is 0 Å². The Kier molecular flexibility index (Phi) is 0.664. The summed E-state index contributed by atoms with van der Waals surface area (Å²) in [7, 11) is 0. The van der Waals surface area contributed by atoms with Gasteiger partial charge in [0, 0.05) is 18.7 Å². The number of rotatable bonds is 0. The van der Waals surface area contributed by atoms with Crippen LogP contribution in [0.15, 0.2) is 0 Å². The maximum Gasteiger partial charge on any atom is 0.0634 e. The van der Waals surface area contributed by atoms with Crippen molar-refractivity contribution in [3.05, 3.63) is 0 Å². The SMILES string of the molecule is C1CC2NC2CO1. The number of hydrogen-bond donors (Lipinski definition) is 1. The first-order valence-corrected chi connectivity index (χ1v) is 2.80. The average Bonchev–Trinajstić information content (AvgIpc) is 2.41. The molecule has 0 aromatic rings. The zero-order chi connectivity index (χ0) is 4.69. The lowest BCUT2D eigenvalue weighted by Crippen LogP contribution is -2.13. The van der Waals surface area contributed by atoms with E-state index in [1.54, 1.807) is 0 Å². The van der Waals surface area contributed by atoms with Crippen molar-refractivity contribution < 1.29 is 4.74 Å². The van der Waals surface area contributed by atoms with E-state index in [1.165, 1.54) is 6.42 Å². The van der Waals surface area contributed by atoms with E-state index in [4.69, 9.17) is 4.74 Å². The summed E-state index contributed by atoms with van der Waals surface area (Å²) in [5, 5.41) is 3.31. The van der Waals surface area contributed by atoms with Crippen molar-refractivity contribution in [2.24, 2.45) is 0 Å². The Morgan fingerprint density at radius 2 is 2.43 bits per heavy atom. The van der Waals surface area contributed by atoms with Gasteiger partial charge in [-0.05, 0) is 6.42 Å². The van der Waals surface area contributed by atoms with Gasteiger partial charge in [0.1, 0.15) is 0 Å². The predicted octanol–water partition coefficient (Wildman–Crippen LogP) is -0.253. The Morgan fingerprint density at radius 3 is 3.00 bits per heavy atom. The molecular formula is C5H9NO. The maximum absolute atomic E-state index is 5.16. The third-order valence-corrected chi connectivity index (χ3v) is 1.68. The van der Waals surface area contributed by atoms with Crippen LogP contribution in [-0.4, -0.2) is 25.3 Å². The molecule has 2 unspecified atom stereocenters. The van der Waals surface area contributed by atoms with Crippen LogP contribution in [0.1, 0.15) is 6.42 Å². The summed E-state index contributed by atoms with van der Waals surface area (Å²) in [5.41, 5.74) is 0. The van der Waals surface area contributed by atoms with Crippen LogP contribution in [0.2, 0.25) is 0 Å². The van der Waals surface area contributed by atoms with Crippen molar-refractivity contribution >= 4 is 0 Å². The van der Waals surface area contributed by atoms with Gasteiger partial charge in [-0.2, -0.15) is 0 Å². The quantitative estimate of drug-likeness (QED) is 0.424. The first-order valence-electron chi connectivity index (χ1n) is 2.80. The molecule has 2 rings (SSSR count). The minimum atomic E-state index is 0.730. The fraction of sp³-hybridized carbons (Fsp3) is 1.00. The summed E-state index contributed by atoms with van der Waals surface area (Å²) in [4.78, 5) is 0. The van der Waals surface area contributed by atoms with Gasteiger partial charge < -0.3 is 10.1 Å². The van der Waals surface area contributed by atoms with Crippen molar-refractivity contribution in [2.45, 2.75) is 18.5 Å². The van der Waals surface area contributed by atoms with Crippen LogP contribution in [0.4, 0.5) is 0 Å². The molecule has 1 N–H and O–H groups in total. The average molecular weight is 99.1 g/mol. The van der Waals surface area contributed by atoms with Crippen molar-refractivity contribution in [1.29, 1.82) is 0 Å². The minimum Gasteiger partial charge on any atom is -0.380 e. The Hall–Kier alpha value is -0.0800. The summed E-state index contributed by atoms with van der Waals surface area (Å²) in [6.07, 6.45) is 1.23. The summed E-state index contributed by atoms with van der Waals surface area (Å²) >= 11 is 0. The smallest absolute Gasteiger partial charge is 0.0634 e. The molecule has 40 valence electrons. The van der Waals surface area contributed by atoms with Crippen LogP contribution in [0.3, 0.4) is 0 Å². The van der Waals surface area contributed by atoms with Crippen LogP contribution < -0.4 is 5.32 Å². The molecule has 2 heterocycles. The lowest BCUT2D eigenvalue weighted by Gasteiger charge is -2.05. The summed E-state index contributed by atoms with van der Waals surface area (Å²) in [5.74, 6) is 0. The van der Waals surface area contributed by atoms with Gasteiger partial charge in [0.25, 0.3) is 0 Å². The van der Waals surface area contributed by atoms with E-state index in [2.05, 4.69) is 5.32 Å². The van der Waals surface area contributed by atoms with E-state index in [-0.39, 0.29) is 0 Å². The molecule has 0 amide bonds. The van der Waals surface area contributed by atoms with Crippen LogP contribution in [-0.2, 0) is 4.74 Å². The van der Waals surface area contributed by atoms with Crippen molar-refractivity contribution in [3.63, 3.8) is 0 Å². The number of nitrogens with one attached hydrogen (secondary N) is 1. The highest BCUT2D eigenvalue weighted by atomic mass is 16.5. The second kappa shape index (κ2) is 1.20. The first-order chi connectivity index (χ1) is 3.47. The molecule has 2 saturated heterocycles. The molecular weight excluding hydrogens is 90.1 g/mol. The topological polar surface area (TPSA) is 31.2 Å². The summed E-state index contributed by atoms with van der Waals surface area (Å²) in [6, 6.07) is 1.56. The second-order valence-corrected chi connectivity index (χ2v) is 2.24. The molecule has 0 aliphatic carbocycles. The lowest BCUT2D eigenvalue weighted by atomic mass is 10.2. The zero-order valence-corrected chi connectivity index (χ0v) is 4.18. The van der Waals surface area contributed by atoms with E-state index < -0.39 is 0 Å². The lowest BCUT2D eigenvalue weighted by molar-refractivity contribution is 0.114. The molecule has 0 bridgehead atoms. The fourth-order valence-electron chi connectivity index (χ4n) is 1.09. The zero-order valence-electron chi connectivity index (χ0n) is 4.18. The fourth-order valence-corrected chi connectivity index (χ4v) is 1.09. The van der Waals surface area contributed by atoms with Gasteiger partial charge in [-0.1, -0.05) is 0 Å². The highest BCUT2D eigenvalue weighted by Crippen LogP contribution is 2.19. The standard InChI is InChI=1S/C5H9NO/c1-2-7-3-5-4(1)6-5/h4-6H,1-3H2. The third kappa shape index (κ3) is 0.545. The van der Waals surface area contributed by atoms with E-state index in [0.717, 1.165) is 25.3 Å². The molecule has 2 aliphatic rings. The van der Waals surface area contributed by atoms with Crippen LogP contribution >= 0.6 is 0 Å². The van der Waals surface area contributed by atoms with Crippen molar-refractivity contribution in [2.75, 3.05) is 13.2 Å². The molecule has 0 aromatic carbocycles. The van der Waals surface area contributed by atoms with Crippen molar-refractivity contribution in [3.8, 4) is 0 Å². The Bertz CT molecular complexity index is 74.1. The normalized spacial score (nSPS) is 48.0.